The van der Waals surface area contributed by atoms with E-state index in [1.807, 2.05) is 42.4 Å². The van der Waals surface area contributed by atoms with Crippen molar-refractivity contribution in [2.75, 3.05) is 31.1 Å². The van der Waals surface area contributed by atoms with Crippen molar-refractivity contribution in [2.45, 2.75) is 25.9 Å². The Kier molecular flexibility index (Phi) is 6.11. The van der Waals surface area contributed by atoms with Gasteiger partial charge in [-0.1, -0.05) is 30.3 Å². The van der Waals surface area contributed by atoms with Crippen LogP contribution in [0.25, 0.3) is 16.6 Å². The number of alkyl halides is 2. The van der Waals surface area contributed by atoms with Gasteiger partial charge in [-0.05, 0) is 18.6 Å². The maximum absolute atomic E-state index is 13.4. The molecule has 4 heterocycles. The quantitative estimate of drug-likeness (QED) is 0.396. The second-order valence-electron chi connectivity index (χ2n) is 9.19. The van der Waals surface area contributed by atoms with E-state index in [1.165, 1.54) is 12.1 Å². The number of nitrogens with zero attached hydrogens (tertiary/aromatic N) is 6. The molecule has 1 atom stereocenters. The monoisotopic (exact) mass is 494 g/mol. The molecule has 1 aliphatic heterocycles. The standard InChI is InChI=1S/C26H28F2N6O2/c1-18(19-4-7-22(8-5-19)26(2,27)28)36-25(35)33-12-10-32(11-13-33)24-15-30-34-17-20(6-9-23(24)34)21-14-29-31(3)16-21/h4-9,14-18H,10-13H2,1-3H3. The number of halogens is 2. The third-order valence-corrected chi connectivity index (χ3v) is 6.58. The van der Waals surface area contributed by atoms with Gasteiger partial charge in [-0.2, -0.15) is 10.2 Å². The molecule has 0 aliphatic carbocycles. The molecule has 0 bridgehead atoms. The number of aromatic nitrogens is 4. The van der Waals surface area contributed by atoms with E-state index in [-0.39, 0.29) is 5.56 Å². The van der Waals surface area contributed by atoms with E-state index in [0.29, 0.717) is 31.7 Å². The molecular formula is C26H28F2N6O2. The fourth-order valence-electron chi connectivity index (χ4n) is 4.43. The smallest absolute Gasteiger partial charge is 0.410 e. The lowest BCUT2D eigenvalue weighted by Crippen LogP contribution is -2.49. The second-order valence-corrected chi connectivity index (χ2v) is 9.19. The summed E-state index contributed by atoms with van der Waals surface area (Å²) in [7, 11) is 1.89. The van der Waals surface area contributed by atoms with Gasteiger partial charge in [-0.15, -0.1) is 0 Å². The Hall–Kier alpha value is -3.95. The number of aryl methyl sites for hydroxylation is 1. The molecule has 1 saturated heterocycles. The van der Waals surface area contributed by atoms with Gasteiger partial charge in [0.25, 0.3) is 5.92 Å². The average molecular weight is 495 g/mol. The Morgan fingerprint density at radius 2 is 1.69 bits per heavy atom. The van der Waals surface area contributed by atoms with Gasteiger partial charge in [0.05, 0.1) is 23.6 Å². The normalized spacial score (nSPS) is 15.4. The summed E-state index contributed by atoms with van der Waals surface area (Å²) in [5, 5.41) is 8.76. The van der Waals surface area contributed by atoms with Crippen LogP contribution in [-0.4, -0.2) is 56.6 Å². The highest BCUT2D eigenvalue weighted by Gasteiger charge is 2.27. The molecule has 1 amide bonds. The number of benzene rings is 1. The van der Waals surface area contributed by atoms with Crippen LogP contribution in [0.15, 0.2) is 61.2 Å². The molecule has 1 aromatic carbocycles. The highest BCUT2D eigenvalue weighted by Crippen LogP contribution is 2.29. The van der Waals surface area contributed by atoms with Crippen LogP contribution < -0.4 is 4.90 Å². The van der Waals surface area contributed by atoms with Crippen molar-refractivity contribution < 1.29 is 18.3 Å². The Morgan fingerprint density at radius 1 is 0.972 bits per heavy atom. The predicted molar refractivity (Wildman–Crippen MR) is 132 cm³/mol. The number of ether oxygens (including phenoxy) is 1. The number of amides is 1. The molecular weight excluding hydrogens is 466 g/mol. The zero-order chi connectivity index (χ0) is 25.4. The van der Waals surface area contributed by atoms with E-state index in [0.717, 1.165) is 29.3 Å². The van der Waals surface area contributed by atoms with Crippen molar-refractivity contribution in [2.24, 2.45) is 7.05 Å². The fourth-order valence-corrected chi connectivity index (χ4v) is 4.43. The van der Waals surface area contributed by atoms with Crippen LogP contribution in [0.1, 0.15) is 31.1 Å². The zero-order valence-corrected chi connectivity index (χ0v) is 20.4. The van der Waals surface area contributed by atoms with Crippen molar-refractivity contribution in [3.63, 3.8) is 0 Å². The lowest BCUT2D eigenvalue weighted by molar-refractivity contribution is 0.0173. The minimum absolute atomic E-state index is 0.0677. The fraction of sp³-hybridized carbons (Fsp3) is 0.346. The molecule has 1 unspecified atom stereocenters. The summed E-state index contributed by atoms with van der Waals surface area (Å²) in [4.78, 5) is 16.6. The van der Waals surface area contributed by atoms with Crippen LogP contribution >= 0.6 is 0 Å². The minimum atomic E-state index is -2.90. The Balaban J connectivity index is 1.19. The number of hydrogen-bond donors (Lipinski definition) is 0. The van der Waals surface area contributed by atoms with Crippen molar-refractivity contribution >= 4 is 17.3 Å². The van der Waals surface area contributed by atoms with E-state index < -0.39 is 18.1 Å². The molecule has 188 valence electrons. The lowest BCUT2D eigenvalue weighted by atomic mass is 10.0. The summed E-state index contributed by atoms with van der Waals surface area (Å²) in [5.41, 5.74) is 4.67. The van der Waals surface area contributed by atoms with Crippen LogP contribution in [0.3, 0.4) is 0 Å². The van der Waals surface area contributed by atoms with Crippen LogP contribution in [0.4, 0.5) is 19.3 Å². The number of piperazine rings is 1. The third-order valence-electron chi connectivity index (χ3n) is 6.58. The summed E-state index contributed by atoms with van der Waals surface area (Å²) < 4.78 is 36.1. The lowest BCUT2D eigenvalue weighted by Gasteiger charge is -2.35. The van der Waals surface area contributed by atoms with Gasteiger partial charge in [0, 0.05) is 69.2 Å². The van der Waals surface area contributed by atoms with Crippen molar-refractivity contribution in [3.8, 4) is 11.1 Å². The molecule has 0 radical (unpaired) electrons. The van der Waals surface area contributed by atoms with Gasteiger partial charge < -0.3 is 14.5 Å². The molecule has 10 heteroatoms. The van der Waals surface area contributed by atoms with Gasteiger partial charge in [-0.3, -0.25) is 4.68 Å². The molecule has 8 nitrogen and oxygen atoms in total. The number of anilines is 1. The zero-order valence-electron chi connectivity index (χ0n) is 20.4. The van der Waals surface area contributed by atoms with Crippen LogP contribution in [-0.2, 0) is 17.7 Å². The van der Waals surface area contributed by atoms with Gasteiger partial charge in [0.2, 0.25) is 0 Å². The predicted octanol–water partition coefficient (Wildman–Crippen LogP) is 4.87. The summed E-state index contributed by atoms with van der Waals surface area (Å²) in [6.45, 7) is 4.92. The van der Waals surface area contributed by atoms with Crippen molar-refractivity contribution in [1.82, 2.24) is 24.3 Å². The van der Waals surface area contributed by atoms with Crippen LogP contribution in [0.2, 0.25) is 0 Å². The van der Waals surface area contributed by atoms with Gasteiger partial charge in [0.15, 0.2) is 0 Å². The van der Waals surface area contributed by atoms with Gasteiger partial charge in [-0.25, -0.2) is 18.1 Å². The maximum atomic E-state index is 13.4. The molecule has 5 rings (SSSR count). The molecule has 1 fully saturated rings. The van der Waals surface area contributed by atoms with Crippen LogP contribution in [0.5, 0.6) is 0 Å². The summed E-state index contributed by atoms with van der Waals surface area (Å²) in [5.74, 6) is -2.90. The number of rotatable bonds is 5. The van der Waals surface area contributed by atoms with E-state index in [9.17, 15) is 13.6 Å². The Labute approximate surface area is 207 Å². The third kappa shape index (κ3) is 4.75. The first kappa shape index (κ1) is 23.8. The molecule has 3 aromatic heterocycles. The Bertz CT molecular complexity index is 1370. The first-order valence-corrected chi connectivity index (χ1v) is 11.8. The number of carbonyl (C=O) groups is 1. The topological polar surface area (TPSA) is 67.9 Å². The minimum Gasteiger partial charge on any atom is -0.442 e. The van der Waals surface area contributed by atoms with E-state index in [2.05, 4.69) is 21.2 Å². The summed E-state index contributed by atoms with van der Waals surface area (Å²) >= 11 is 0. The summed E-state index contributed by atoms with van der Waals surface area (Å²) in [6, 6.07) is 10.00. The highest BCUT2D eigenvalue weighted by atomic mass is 19.3. The molecule has 0 N–H and O–H groups in total. The summed E-state index contributed by atoms with van der Waals surface area (Å²) in [6.07, 6.45) is 6.67. The molecule has 4 aromatic rings. The largest absolute Gasteiger partial charge is 0.442 e. The number of fused-ring (bicyclic) bond motifs is 1. The molecule has 0 spiro atoms. The molecule has 1 aliphatic rings. The van der Waals surface area contributed by atoms with Crippen molar-refractivity contribution in [3.05, 3.63) is 72.3 Å². The van der Waals surface area contributed by atoms with Crippen LogP contribution in [0, 0.1) is 0 Å². The first-order chi connectivity index (χ1) is 17.2. The number of carbonyl (C=O) groups excluding carboxylic acids is 1. The number of hydrogen-bond acceptors (Lipinski definition) is 5. The highest BCUT2D eigenvalue weighted by molar-refractivity contribution is 5.76. The Morgan fingerprint density at radius 3 is 2.33 bits per heavy atom. The van der Waals surface area contributed by atoms with E-state index in [1.54, 1.807) is 28.6 Å². The molecule has 0 saturated carbocycles. The van der Waals surface area contributed by atoms with E-state index >= 15 is 0 Å². The van der Waals surface area contributed by atoms with Crippen molar-refractivity contribution in [1.29, 1.82) is 0 Å². The van der Waals surface area contributed by atoms with Gasteiger partial charge in [0.1, 0.15) is 6.10 Å². The number of pyridine rings is 1. The van der Waals surface area contributed by atoms with Gasteiger partial charge >= 0.3 is 6.09 Å². The van der Waals surface area contributed by atoms with E-state index in [4.69, 9.17) is 4.74 Å². The maximum Gasteiger partial charge on any atom is 0.410 e. The average Bonchev–Trinajstić information content (AvgIpc) is 3.49. The first-order valence-electron chi connectivity index (χ1n) is 11.8. The molecule has 36 heavy (non-hydrogen) atoms. The second kappa shape index (κ2) is 9.25. The SMILES string of the molecule is CC(OC(=O)N1CCN(c2cnn3cc(-c4cnn(C)c4)ccc23)CC1)c1ccc(C(C)(F)F)cc1.